The van der Waals surface area contributed by atoms with E-state index < -0.39 is 5.24 Å². The minimum atomic E-state index is -0.493. The van der Waals surface area contributed by atoms with Crippen molar-refractivity contribution in [2.75, 3.05) is 0 Å². The van der Waals surface area contributed by atoms with Crippen molar-refractivity contribution < 1.29 is 4.79 Å². The molecule has 0 amide bonds. The molecule has 0 saturated heterocycles. The zero-order valence-corrected chi connectivity index (χ0v) is 7.64. The normalized spacial score (nSPS) is 9.83. The summed E-state index contributed by atoms with van der Waals surface area (Å²) in [4.78, 5) is 14.8. The summed E-state index contributed by atoms with van der Waals surface area (Å²) in [7, 11) is 0. The van der Waals surface area contributed by atoms with Crippen LogP contribution in [-0.4, -0.2) is 10.2 Å². The Balaban J connectivity index is 2.88. The monoisotopic (exact) mass is 183 g/mol. The van der Waals surface area contributed by atoms with E-state index in [0.717, 1.165) is 18.5 Å². The molecule has 0 spiro atoms. The predicted molar refractivity (Wildman–Crippen MR) is 48.4 cm³/mol. The third-order valence-corrected chi connectivity index (χ3v) is 1.71. The van der Waals surface area contributed by atoms with Crippen LogP contribution in [0.5, 0.6) is 0 Å². The molecule has 1 rings (SSSR count). The second-order valence-electron chi connectivity index (χ2n) is 2.54. The first-order valence-electron chi connectivity index (χ1n) is 3.89. The van der Waals surface area contributed by atoms with Crippen LogP contribution in [-0.2, 0) is 6.42 Å². The minimum absolute atomic E-state index is 0.336. The SMILES string of the molecule is CCCc1cccc(C(=O)Cl)n1. The van der Waals surface area contributed by atoms with Gasteiger partial charge in [-0.3, -0.25) is 4.79 Å². The average molecular weight is 184 g/mol. The largest absolute Gasteiger partial charge is 0.274 e. The van der Waals surface area contributed by atoms with Crippen LogP contribution in [0.25, 0.3) is 0 Å². The van der Waals surface area contributed by atoms with Crippen molar-refractivity contribution in [2.24, 2.45) is 0 Å². The lowest BCUT2D eigenvalue weighted by Crippen LogP contribution is -1.97. The number of aryl methyl sites for hydroxylation is 1. The molecule has 3 heteroatoms. The van der Waals surface area contributed by atoms with Crippen molar-refractivity contribution in [3.05, 3.63) is 29.6 Å². The Morgan fingerprint density at radius 1 is 1.58 bits per heavy atom. The maximum atomic E-state index is 10.7. The Morgan fingerprint density at radius 2 is 2.33 bits per heavy atom. The van der Waals surface area contributed by atoms with Gasteiger partial charge in [0.15, 0.2) is 0 Å². The third kappa shape index (κ3) is 2.31. The van der Waals surface area contributed by atoms with Crippen molar-refractivity contribution in [3.63, 3.8) is 0 Å². The summed E-state index contributed by atoms with van der Waals surface area (Å²) < 4.78 is 0. The summed E-state index contributed by atoms with van der Waals surface area (Å²) in [5.74, 6) is 0. The van der Waals surface area contributed by atoms with Crippen LogP contribution in [0.1, 0.15) is 29.5 Å². The van der Waals surface area contributed by atoms with Gasteiger partial charge in [-0.05, 0) is 30.2 Å². The van der Waals surface area contributed by atoms with Gasteiger partial charge in [0.1, 0.15) is 5.69 Å². The van der Waals surface area contributed by atoms with Crippen LogP contribution in [0.15, 0.2) is 18.2 Å². The molecule has 1 heterocycles. The van der Waals surface area contributed by atoms with E-state index in [0.29, 0.717) is 5.69 Å². The molecule has 0 aromatic carbocycles. The molecule has 1 aromatic rings. The zero-order valence-electron chi connectivity index (χ0n) is 6.88. The first-order chi connectivity index (χ1) is 5.74. The van der Waals surface area contributed by atoms with Crippen LogP contribution in [0, 0.1) is 0 Å². The Bertz CT molecular complexity index is 286. The molecule has 0 bridgehead atoms. The van der Waals surface area contributed by atoms with Crippen LogP contribution in [0.2, 0.25) is 0 Å². The van der Waals surface area contributed by atoms with Gasteiger partial charge in [-0.2, -0.15) is 0 Å². The lowest BCUT2D eigenvalue weighted by molar-refractivity contribution is 0.107. The fourth-order valence-electron chi connectivity index (χ4n) is 0.984. The molecule has 12 heavy (non-hydrogen) atoms. The molecule has 0 aliphatic carbocycles. The smallest absolute Gasteiger partial charge is 0.270 e. The standard InChI is InChI=1S/C9H10ClNO/c1-2-4-7-5-3-6-8(11-7)9(10)12/h3,5-6H,2,4H2,1H3. The summed E-state index contributed by atoms with van der Waals surface area (Å²) in [6, 6.07) is 5.31. The van der Waals surface area contributed by atoms with Gasteiger partial charge in [0.05, 0.1) is 0 Å². The molecule has 0 aliphatic rings. The number of rotatable bonds is 3. The molecule has 0 saturated carbocycles. The lowest BCUT2D eigenvalue weighted by atomic mass is 10.2. The second kappa shape index (κ2) is 4.21. The summed E-state index contributed by atoms with van der Waals surface area (Å²) >= 11 is 5.27. The van der Waals surface area contributed by atoms with Crippen molar-refractivity contribution in [3.8, 4) is 0 Å². The van der Waals surface area contributed by atoms with E-state index >= 15 is 0 Å². The van der Waals surface area contributed by atoms with E-state index in [1.165, 1.54) is 0 Å². The molecule has 0 N–H and O–H groups in total. The van der Waals surface area contributed by atoms with Gasteiger partial charge < -0.3 is 0 Å². The number of hydrogen-bond donors (Lipinski definition) is 0. The fourth-order valence-corrected chi connectivity index (χ4v) is 1.09. The highest BCUT2D eigenvalue weighted by molar-refractivity contribution is 6.67. The summed E-state index contributed by atoms with van der Waals surface area (Å²) in [5.41, 5.74) is 1.26. The van der Waals surface area contributed by atoms with Crippen LogP contribution >= 0.6 is 11.6 Å². The van der Waals surface area contributed by atoms with Crippen LogP contribution < -0.4 is 0 Å². The highest BCUT2D eigenvalue weighted by Crippen LogP contribution is 2.04. The Labute approximate surface area is 76.6 Å². The van der Waals surface area contributed by atoms with E-state index in [2.05, 4.69) is 11.9 Å². The molecular weight excluding hydrogens is 174 g/mol. The van der Waals surface area contributed by atoms with E-state index in [1.54, 1.807) is 12.1 Å². The molecule has 0 aliphatic heterocycles. The fraction of sp³-hybridized carbons (Fsp3) is 0.333. The number of carbonyl (C=O) groups is 1. The summed E-state index contributed by atoms with van der Waals surface area (Å²) in [5, 5.41) is -0.493. The first kappa shape index (κ1) is 9.20. The number of nitrogens with zero attached hydrogens (tertiary/aromatic N) is 1. The molecule has 1 aromatic heterocycles. The number of pyridine rings is 1. The summed E-state index contributed by atoms with van der Waals surface area (Å²) in [6.45, 7) is 2.07. The van der Waals surface area contributed by atoms with Crippen molar-refractivity contribution in [1.29, 1.82) is 0 Å². The number of halogens is 1. The van der Waals surface area contributed by atoms with Gasteiger partial charge in [-0.25, -0.2) is 4.98 Å². The molecular formula is C9H10ClNO. The number of carbonyl (C=O) groups excluding carboxylic acids is 1. The van der Waals surface area contributed by atoms with Gasteiger partial charge in [0, 0.05) is 5.69 Å². The Morgan fingerprint density at radius 3 is 2.92 bits per heavy atom. The van der Waals surface area contributed by atoms with Gasteiger partial charge in [0.2, 0.25) is 0 Å². The van der Waals surface area contributed by atoms with Crippen molar-refractivity contribution in [2.45, 2.75) is 19.8 Å². The van der Waals surface area contributed by atoms with Crippen LogP contribution in [0.3, 0.4) is 0 Å². The van der Waals surface area contributed by atoms with Gasteiger partial charge in [0.25, 0.3) is 5.24 Å². The molecule has 0 atom stereocenters. The molecule has 64 valence electrons. The van der Waals surface area contributed by atoms with Gasteiger partial charge in [-0.1, -0.05) is 19.4 Å². The van der Waals surface area contributed by atoms with E-state index in [-0.39, 0.29) is 0 Å². The van der Waals surface area contributed by atoms with E-state index in [1.807, 2.05) is 6.07 Å². The topological polar surface area (TPSA) is 30.0 Å². The van der Waals surface area contributed by atoms with Crippen molar-refractivity contribution in [1.82, 2.24) is 4.98 Å². The van der Waals surface area contributed by atoms with E-state index in [4.69, 9.17) is 11.6 Å². The quantitative estimate of drug-likeness (QED) is 0.674. The highest BCUT2D eigenvalue weighted by atomic mass is 35.5. The second-order valence-corrected chi connectivity index (χ2v) is 2.88. The molecule has 0 unspecified atom stereocenters. The Hall–Kier alpha value is -0.890. The Kier molecular flexibility index (Phi) is 3.23. The minimum Gasteiger partial charge on any atom is -0.274 e. The van der Waals surface area contributed by atoms with Crippen LogP contribution in [0.4, 0.5) is 0 Å². The maximum absolute atomic E-state index is 10.7. The maximum Gasteiger partial charge on any atom is 0.270 e. The highest BCUT2D eigenvalue weighted by Gasteiger charge is 2.02. The first-order valence-corrected chi connectivity index (χ1v) is 4.27. The third-order valence-electron chi connectivity index (χ3n) is 1.51. The molecule has 0 fully saturated rings. The van der Waals surface area contributed by atoms with Gasteiger partial charge in [-0.15, -0.1) is 0 Å². The number of hydrogen-bond acceptors (Lipinski definition) is 2. The lowest BCUT2D eigenvalue weighted by Gasteiger charge is -1.98. The molecule has 0 radical (unpaired) electrons. The zero-order chi connectivity index (χ0) is 8.97. The van der Waals surface area contributed by atoms with Crippen molar-refractivity contribution >= 4 is 16.8 Å². The predicted octanol–water partition coefficient (Wildman–Crippen LogP) is 2.41. The van der Waals surface area contributed by atoms with E-state index in [9.17, 15) is 4.79 Å². The molecule has 2 nitrogen and oxygen atoms in total. The average Bonchev–Trinajstić information content (AvgIpc) is 2.05. The number of aromatic nitrogens is 1. The summed E-state index contributed by atoms with van der Waals surface area (Å²) in [6.07, 6.45) is 1.91. The van der Waals surface area contributed by atoms with Gasteiger partial charge >= 0.3 is 0 Å².